The standard InChI is InChI=1S/C7H15O3/c1-4-7(8,9-5-2)10-6-3/h8H,1,4-6H2,2-3H3. The van der Waals surface area contributed by atoms with Crippen molar-refractivity contribution in [2.24, 2.45) is 0 Å². The minimum absolute atomic E-state index is 0.203. The number of aliphatic hydroxyl groups is 1. The summed E-state index contributed by atoms with van der Waals surface area (Å²) in [5.41, 5.74) is 0. The molecule has 0 aliphatic heterocycles. The Morgan fingerprint density at radius 2 is 1.70 bits per heavy atom. The van der Waals surface area contributed by atoms with E-state index in [0.29, 0.717) is 13.2 Å². The Kier molecular flexibility index (Phi) is 4.60. The highest BCUT2D eigenvalue weighted by Gasteiger charge is 2.24. The van der Waals surface area contributed by atoms with Gasteiger partial charge in [0.2, 0.25) is 0 Å². The maximum absolute atomic E-state index is 9.31. The van der Waals surface area contributed by atoms with E-state index >= 15 is 0 Å². The first kappa shape index (κ1) is 9.88. The molecule has 1 N–H and O–H groups in total. The molecule has 0 aliphatic carbocycles. The van der Waals surface area contributed by atoms with Crippen LogP contribution in [-0.4, -0.2) is 24.3 Å². The lowest BCUT2D eigenvalue weighted by Gasteiger charge is -2.25. The van der Waals surface area contributed by atoms with Gasteiger partial charge in [0.25, 0.3) is 5.97 Å². The average molecular weight is 147 g/mol. The maximum Gasteiger partial charge on any atom is 0.280 e. The zero-order valence-electron chi connectivity index (χ0n) is 6.59. The minimum Gasteiger partial charge on any atom is -0.343 e. The first-order chi connectivity index (χ1) is 4.68. The Morgan fingerprint density at radius 3 is 1.90 bits per heavy atom. The van der Waals surface area contributed by atoms with Crippen LogP contribution in [0.25, 0.3) is 0 Å². The highest BCUT2D eigenvalue weighted by atomic mass is 16.8. The van der Waals surface area contributed by atoms with Gasteiger partial charge in [-0.2, -0.15) is 0 Å². The Labute approximate surface area is 62.0 Å². The second-order valence-corrected chi connectivity index (χ2v) is 1.83. The summed E-state index contributed by atoms with van der Waals surface area (Å²) in [5.74, 6) is -1.47. The third-order valence-corrected chi connectivity index (χ3v) is 1.06. The van der Waals surface area contributed by atoms with Crippen LogP contribution >= 0.6 is 0 Å². The molecule has 0 aromatic heterocycles. The Morgan fingerprint density at radius 1 is 1.30 bits per heavy atom. The zero-order chi connectivity index (χ0) is 8.04. The van der Waals surface area contributed by atoms with E-state index in [1.807, 2.05) is 0 Å². The third-order valence-electron chi connectivity index (χ3n) is 1.06. The molecule has 0 amide bonds. The van der Waals surface area contributed by atoms with Gasteiger partial charge < -0.3 is 14.6 Å². The molecule has 0 saturated heterocycles. The van der Waals surface area contributed by atoms with Gasteiger partial charge in [0.05, 0.1) is 0 Å². The van der Waals surface area contributed by atoms with Gasteiger partial charge in [-0.1, -0.05) is 0 Å². The molecule has 0 unspecified atom stereocenters. The van der Waals surface area contributed by atoms with Gasteiger partial charge in [-0.15, -0.1) is 0 Å². The van der Waals surface area contributed by atoms with Crippen molar-refractivity contribution in [3.63, 3.8) is 0 Å². The third kappa shape index (κ3) is 3.15. The molecule has 0 heterocycles. The molecule has 3 nitrogen and oxygen atoms in total. The van der Waals surface area contributed by atoms with Crippen molar-refractivity contribution < 1.29 is 14.6 Å². The van der Waals surface area contributed by atoms with E-state index < -0.39 is 5.97 Å². The summed E-state index contributed by atoms with van der Waals surface area (Å²) in [7, 11) is 0. The van der Waals surface area contributed by atoms with Crippen molar-refractivity contribution in [1.29, 1.82) is 0 Å². The molecule has 0 rings (SSSR count). The van der Waals surface area contributed by atoms with Crippen LogP contribution in [0.15, 0.2) is 0 Å². The van der Waals surface area contributed by atoms with Gasteiger partial charge in [0.15, 0.2) is 0 Å². The van der Waals surface area contributed by atoms with Crippen molar-refractivity contribution in [2.45, 2.75) is 26.2 Å². The molecule has 0 spiro atoms. The maximum atomic E-state index is 9.31. The zero-order valence-corrected chi connectivity index (χ0v) is 6.59. The SMILES string of the molecule is [CH2]CC(O)(OCC)OCC. The number of ether oxygens (including phenoxy) is 2. The summed E-state index contributed by atoms with van der Waals surface area (Å²) >= 11 is 0. The highest BCUT2D eigenvalue weighted by molar-refractivity contribution is 4.54. The van der Waals surface area contributed by atoms with Crippen LogP contribution in [0.2, 0.25) is 0 Å². The molecule has 3 heteroatoms. The normalized spacial score (nSPS) is 12.0. The van der Waals surface area contributed by atoms with Crippen LogP contribution < -0.4 is 0 Å². The van der Waals surface area contributed by atoms with Gasteiger partial charge in [-0.3, -0.25) is 0 Å². The average Bonchev–Trinajstić information content (AvgIpc) is 1.89. The van der Waals surface area contributed by atoms with Crippen LogP contribution in [0, 0.1) is 6.92 Å². The molecule has 0 fully saturated rings. The predicted molar refractivity (Wildman–Crippen MR) is 38.2 cm³/mol. The molecule has 0 bridgehead atoms. The van der Waals surface area contributed by atoms with Crippen LogP contribution in [0.3, 0.4) is 0 Å². The smallest absolute Gasteiger partial charge is 0.280 e. The van der Waals surface area contributed by atoms with Crippen molar-refractivity contribution in [3.05, 3.63) is 6.92 Å². The molecule has 1 radical (unpaired) electrons. The summed E-state index contributed by atoms with van der Waals surface area (Å²) in [5, 5.41) is 9.31. The Bertz CT molecular complexity index is 76.9. The second-order valence-electron chi connectivity index (χ2n) is 1.83. The van der Waals surface area contributed by atoms with Crippen molar-refractivity contribution in [3.8, 4) is 0 Å². The Hall–Kier alpha value is -0.120. The van der Waals surface area contributed by atoms with Gasteiger partial charge in [0.1, 0.15) is 0 Å². The molecule has 61 valence electrons. The first-order valence-electron chi connectivity index (χ1n) is 3.48. The summed E-state index contributed by atoms with van der Waals surface area (Å²) in [6.45, 7) is 7.92. The molecular weight excluding hydrogens is 132 g/mol. The minimum atomic E-state index is -1.47. The number of rotatable bonds is 5. The lowest BCUT2D eigenvalue weighted by molar-refractivity contribution is -0.355. The highest BCUT2D eigenvalue weighted by Crippen LogP contribution is 2.12. The van der Waals surface area contributed by atoms with E-state index in [1.165, 1.54) is 0 Å². The van der Waals surface area contributed by atoms with Gasteiger partial charge >= 0.3 is 0 Å². The molecule has 0 aliphatic rings. The largest absolute Gasteiger partial charge is 0.343 e. The van der Waals surface area contributed by atoms with Gasteiger partial charge in [0, 0.05) is 19.6 Å². The monoisotopic (exact) mass is 147 g/mol. The lowest BCUT2D eigenvalue weighted by atomic mass is 10.4. The lowest BCUT2D eigenvalue weighted by Crippen LogP contribution is -2.34. The predicted octanol–water partition coefficient (Wildman–Crippen LogP) is 0.930. The molecule has 10 heavy (non-hydrogen) atoms. The fourth-order valence-electron chi connectivity index (χ4n) is 0.637. The van der Waals surface area contributed by atoms with E-state index in [4.69, 9.17) is 9.47 Å². The molecule has 0 saturated carbocycles. The van der Waals surface area contributed by atoms with Gasteiger partial charge in [-0.05, 0) is 20.8 Å². The van der Waals surface area contributed by atoms with Crippen LogP contribution in [0.4, 0.5) is 0 Å². The second kappa shape index (κ2) is 4.66. The number of hydrogen-bond donors (Lipinski definition) is 1. The summed E-state index contributed by atoms with van der Waals surface area (Å²) < 4.78 is 9.78. The van der Waals surface area contributed by atoms with Crippen molar-refractivity contribution in [2.75, 3.05) is 13.2 Å². The van der Waals surface area contributed by atoms with Crippen molar-refractivity contribution >= 4 is 0 Å². The fourth-order valence-corrected chi connectivity index (χ4v) is 0.637. The first-order valence-corrected chi connectivity index (χ1v) is 3.48. The van der Waals surface area contributed by atoms with Crippen molar-refractivity contribution in [1.82, 2.24) is 0 Å². The molecule has 0 aromatic rings. The summed E-state index contributed by atoms with van der Waals surface area (Å²) in [6.07, 6.45) is 0.203. The number of hydrogen-bond acceptors (Lipinski definition) is 3. The van der Waals surface area contributed by atoms with E-state index in [2.05, 4.69) is 6.92 Å². The topological polar surface area (TPSA) is 38.7 Å². The quantitative estimate of drug-likeness (QED) is 0.588. The van der Waals surface area contributed by atoms with Crippen LogP contribution in [0.1, 0.15) is 20.3 Å². The fraction of sp³-hybridized carbons (Fsp3) is 0.857. The van der Waals surface area contributed by atoms with E-state index in [0.717, 1.165) is 0 Å². The Balaban J connectivity index is 3.69. The molecule has 0 atom stereocenters. The van der Waals surface area contributed by atoms with Crippen LogP contribution in [-0.2, 0) is 9.47 Å². The molecular formula is C7H15O3. The summed E-state index contributed by atoms with van der Waals surface area (Å²) in [6, 6.07) is 0. The van der Waals surface area contributed by atoms with E-state index in [1.54, 1.807) is 13.8 Å². The van der Waals surface area contributed by atoms with E-state index in [-0.39, 0.29) is 6.42 Å². The summed E-state index contributed by atoms with van der Waals surface area (Å²) in [4.78, 5) is 0. The molecule has 0 aromatic carbocycles. The van der Waals surface area contributed by atoms with E-state index in [9.17, 15) is 5.11 Å². The van der Waals surface area contributed by atoms with Crippen LogP contribution in [0.5, 0.6) is 0 Å². The van der Waals surface area contributed by atoms with Gasteiger partial charge in [-0.25, -0.2) is 0 Å².